The van der Waals surface area contributed by atoms with Crippen LogP contribution in [-0.4, -0.2) is 54.1 Å². The average Bonchev–Trinajstić information content (AvgIpc) is 3.87. The summed E-state index contributed by atoms with van der Waals surface area (Å²) in [7, 11) is 0. The molecule has 2 heterocycles. The first-order valence-corrected chi connectivity index (χ1v) is 17.1. The number of rotatable bonds is 10. The van der Waals surface area contributed by atoms with E-state index in [2.05, 4.69) is 30.0 Å². The molecule has 0 spiro atoms. The highest BCUT2D eigenvalue weighted by Gasteiger charge is 2.06. The number of hydrogen-bond donors (Lipinski definition) is 1. The summed E-state index contributed by atoms with van der Waals surface area (Å²) in [6.07, 6.45) is 10.2. The number of ether oxygens (including phenoxy) is 4. The number of carbonyl (C=O) groups excluding carboxylic acids is 2. The van der Waals surface area contributed by atoms with Gasteiger partial charge in [0, 0.05) is 39.4 Å². The molecule has 0 saturated heterocycles. The van der Waals surface area contributed by atoms with E-state index in [1.807, 2.05) is 66.6 Å². The van der Waals surface area contributed by atoms with E-state index in [0.29, 0.717) is 27.4 Å². The molecule has 276 valence electrons. The molecule has 14 heteroatoms. The van der Waals surface area contributed by atoms with Gasteiger partial charge in [0.25, 0.3) is 0 Å². The number of benzene rings is 4. The van der Waals surface area contributed by atoms with Crippen molar-refractivity contribution in [2.24, 2.45) is 0 Å². The van der Waals surface area contributed by atoms with Gasteiger partial charge in [-0.25, -0.2) is 24.2 Å². The van der Waals surface area contributed by atoms with Gasteiger partial charge in [-0.3, -0.25) is 5.10 Å². The van der Waals surface area contributed by atoms with Crippen LogP contribution in [0.25, 0.3) is 29.0 Å². The zero-order valence-electron chi connectivity index (χ0n) is 29.7. The van der Waals surface area contributed by atoms with Crippen LogP contribution >= 0.6 is 23.2 Å². The summed E-state index contributed by atoms with van der Waals surface area (Å²) < 4.78 is 22.5. The Labute approximate surface area is 322 Å². The second-order valence-electron chi connectivity index (χ2n) is 11.4. The maximum Gasteiger partial charge on any atom is 0.384 e. The normalized spacial score (nSPS) is 10.4. The van der Waals surface area contributed by atoms with Gasteiger partial charge in [0.15, 0.2) is 11.6 Å². The van der Waals surface area contributed by atoms with E-state index in [1.165, 1.54) is 29.6 Å². The molecule has 12 nitrogen and oxygen atoms in total. The van der Waals surface area contributed by atoms with Crippen LogP contribution in [-0.2, 0) is 19.1 Å². The highest BCUT2D eigenvalue weighted by atomic mass is 35.5. The van der Waals surface area contributed by atoms with Gasteiger partial charge in [0.2, 0.25) is 0 Å². The van der Waals surface area contributed by atoms with E-state index < -0.39 is 11.9 Å². The van der Waals surface area contributed by atoms with Crippen molar-refractivity contribution >= 4 is 41.3 Å². The molecule has 0 aliphatic carbocycles. The topological polar surface area (TPSA) is 143 Å². The predicted molar refractivity (Wildman–Crippen MR) is 207 cm³/mol. The Bertz CT molecular complexity index is 2130. The Morgan fingerprint density at radius 2 is 1.20 bits per heavy atom. The number of nitrogens with zero attached hydrogens (tertiary/aromatic N) is 5. The Morgan fingerprint density at radius 3 is 1.63 bits per heavy atom. The van der Waals surface area contributed by atoms with Crippen LogP contribution in [0.2, 0.25) is 10.0 Å². The van der Waals surface area contributed by atoms with Crippen LogP contribution in [0.5, 0.6) is 23.0 Å². The van der Waals surface area contributed by atoms with Crippen molar-refractivity contribution in [1.82, 2.24) is 29.9 Å². The maximum atomic E-state index is 11.5. The lowest BCUT2D eigenvalue weighted by Gasteiger charge is -2.06. The Hall–Kier alpha value is -6.42. The number of H-pyrrole nitrogens is 1. The fraction of sp³-hybridized carbons (Fsp3) is 0.150. The van der Waals surface area contributed by atoms with Gasteiger partial charge < -0.3 is 18.9 Å². The van der Waals surface area contributed by atoms with E-state index in [9.17, 15) is 9.59 Å². The van der Waals surface area contributed by atoms with Crippen molar-refractivity contribution in [1.29, 1.82) is 0 Å². The molecule has 0 aliphatic rings. The van der Waals surface area contributed by atoms with Gasteiger partial charge in [-0.15, -0.1) is 11.5 Å². The monoisotopic (exact) mass is 766 g/mol. The minimum Gasteiger partial charge on any atom is -0.460 e. The molecule has 0 amide bonds. The molecular weight excluding hydrogens is 731 g/mol. The van der Waals surface area contributed by atoms with Crippen LogP contribution in [0.1, 0.15) is 27.7 Å². The number of carbonyl (C=O) groups is 2. The molecule has 54 heavy (non-hydrogen) atoms. The first-order chi connectivity index (χ1) is 26.0. The second kappa shape index (κ2) is 20.6. The van der Waals surface area contributed by atoms with Crippen molar-refractivity contribution in [3.8, 4) is 58.1 Å². The molecule has 6 aromatic rings. The molecule has 6 rings (SSSR count). The van der Waals surface area contributed by atoms with Crippen LogP contribution in [0.15, 0.2) is 116 Å². The first kappa shape index (κ1) is 40.4. The third-order valence-corrected chi connectivity index (χ3v) is 6.94. The molecule has 0 aliphatic heterocycles. The Balaban J connectivity index is 0.000000208. The molecule has 0 bridgehead atoms. The summed E-state index contributed by atoms with van der Waals surface area (Å²) >= 11 is 11.7. The van der Waals surface area contributed by atoms with Crippen LogP contribution in [0, 0.1) is 12.3 Å². The van der Waals surface area contributed by atoms with Gasteiger partial charge in [0.1, 0.15) is 35.7 Å². The van der Waals surface area contributed by atoms with E-state index >= 15 is 0 Å². The van der Waals surface area contributed by atoms with Crippen molar-refractivity contribution in [3.05, 3.63) is 126 Å². The Morgan fingerprint density at radius 1 is 0.722 bits per heavy atom. The van der Waals surface area contributed by atoms with E-state index in [4.69, 9.17) is 43.8 Å². The number of hydrogen-bond acceptors (Lipinski definition) is 10. The highest BCUT2D eigenvalue weighted by molar-refractivity contribution is 6.30. The lowest BCUT2D eigenvalue weighted by Crippen LogP contribution is -2.08. The summed E-state index contributed by atoms with van der Waals surface area (Å²) in [5, 5.41) is 12.3. The Kier molecular flexibility index (Phi) is 15.4. The first-order valence-electron chi connectivity index (χ1n) is 16.4. The maximum absolute atomic E-state index is 11.5. The molecule has 0 atom stereocenters. The van der Waals surface area contributed by atoms with Crippen molar-refractivity contribution < 1.29 is 28.5 Å². The summed E-state index contributed by atoms with van der Waals surface area (Å²) in [5.74, 6) is 4.98. The van der Waals surface area contributed by atoms with Gasteiger partial charge in [-0.2, -0.15) is 5.10 Å². The number of aromatic amines is 1. The van der Waals surface area contributed by atoms with E-state index in [-0.39, 0.29) is 12.2 Å². The van der Waals surface area contributed by atoms with Crippen LogP contribution in [0.3, 0.4) is 0 Å². The predicted octanol–water partition coefficient (Wildman–Crippen LogP) is 9.30. The minimum atomic E-state index is -0.597. The van der Waals surface area contributed by atoms with Gasteiger partial charge in [-0.1, -0.05) is 23.2 Å². The molecule has 2 aromatic heterocycles. The molecule has 4 aromatic carbocycles. The summed E-state index contributed by atoms with van der Waals surface area (Å²) in [6, 6.07) is 29.4. The standard InChI is InChI=1S/C20H18ClN3O3.C14H10ClN3O.C6H8O2/c1-14(2)26-19(25)11-12-24-13-22-20(23-24)15-3-7-17(8-4-15)27-18-9-5-16(21)6-10-18;15-11-3-7-13(8-4-11)19-12-5-1-10(2-6-12)14-16-9-17-18-14;1-4-6(7)8-5(2)3/h3-14H,1-2H3;1-9H,(H,16,17,18);1,5H,2-3H3/b12-11-;;. The van der Waals surface area contributed by atoms with Crippen molar-refractivity contribution in [2.45, 2.75) is 39.9 Å². The second-order valence-corrected chi connectivity index (χ2v) is 12.3. The van der Waals surface area contributed by atoms with Crippen LogP contribution in [0.4, 0.5) is 0 Å². The third-order valence-electron chi connectivity index (χ3n) is 6.44. The van der Waals surface area contributed by atoms with Crippen molar-refractivity contribution in [2.75, 3.05) is 0 Å². The number of aromatic nitrogens is 6. The zero-order chi connectivity index (χ0) is 38.9. The van der Waals surface area contributed by atoms with E-state index in [1.54, 1.807) is 64.1 Å². The number of halogens is 2. The molecule has 0 saturated carbocycles. The molecule has 0 radical (unpaired) electrons. The lowest BCUT2D eigenvalue weighted by molar-refractivity contribution is -0.141. The quantitative estimate of drug-likeness (QED) is 0.0620. The fourth-order valence-electron chi connectivity index (χ4n) is 4.11. The van der Waals surface area contributed by atoms with Gasteiger partial charge in [-0.05, 0) is 125 Å². The SMILES string of the molecule is C#CC(=O)OC(C)C.CC(C)OC(=O)/C=C\n1cnc(-c2ccc(Oc3ccc(Cl)cc3)cc2)n1.Clc1ccc(Oc2ccc(-c3ncn[nH]3)cc2)cc1. The number of nitrogens with one attached hydrogen (secondary N) is 1. The van der Waals surface area contributed by atoms with Gasteiger partial charge >= 0.3 is 11.9 Å². The summed E-state index contributed by atoms with van der Waals surface area (Å²) in [6.45, 7) is 7.07. The highest BCUT2D eigenvalue weighted by Crippen LogP contribution is 2.26. The molecule has 0 fully saturated rings. The number of terminal acetylenes is 1. The number of esters is 2. The van der Waals surface area contributed by atoms with Crippen LogP contribution < -0.4 is 9.47 Å². The molecule has 1 N–H and O–H groups in total. The van der Waals surface area contributed by atoms with Crippen molar-refractivity contribution in [3.63, 3.8) is 0 Å². The van der Waals surface area contributed by atoms with Gasteiger partial charge in [0.05, 0.1) is 12.2 Å². The zero-order valence-corrected chi connectivity index (χ0v) is 31.2. The largest absolute Gasteiger partial charge is 0.460 e. The average molecular weight is 768 g/mol. The minimum absolute atomic E-state index is 0.112. The molecule has 0 unspecified atom stereocenters. The third kappa shape index (κ3) is 14.0. The van der Waals surface area contributed by atoms with E-state index in [0.717, 1.165) is 28.5 Å². The smallest absolute Gasteiger partial charge is 0.384 e. The summed E-state index contributed by atoms with van der Waals surface area (Å²) in [5.41, 5.74) is 1.79. The molecular formula is C40H36Cl2N6O6. The fourth-order valence-corrected chi connectivity index (χ4v) is 4.36. The lowest BCUT2D eigenvalue weighted by atomic mass is 10.2. The summed E-state index contributed by atoms with van der Waals surface area (Å²) in [4.78, 5) is 30.0.